The van der Waals surface area contributed by atoms with Crippen molar-refractivity contribution >= 4 is 0 Å². The topological polar surface area (TPSA) is 32.3 Å². The van der Waals surface area contributed by atoms with Crippen molar-refractivity contribution in [1.82, 2.24) is 5.32 Å². The van der Waals surface area contributed by atoms with Crippen molar-refractivity contribution < 1.29 is 9.50 Å². The van der Waals surface area contributed by atoms with E-state index in [-0.39, 0.29) is 11.9 Å². The molecule has 3 heteroatoms. The van der Waals surface area contributed by atoms with Gasteiger partial charge in [-0.3, -0.25) is 0 Å². The molecule has 1 aliphatic rings. The maximum absolute atomic E-state index is 13.0. The normalized spacial score (nSPS) is 24.8. The molecular formula is C18H26FNO. The molecule has 0 fully saturated rings. The second-order valence-electron chi connectivity index (χ2n) is 6.08. The second-order valence-corrected chi connectivity index (χ2v) is 6.08. The number of benzene rings is 1. The lowest BCUT2D eigenvalue weighted by molar-refractivity contribution is 0.110. The van der Waals surface area contributed by atoms with E-state index >= 15 is 0 Å². The highest BCUT2D eigenvalue weighted by Gasteiger charge is 2.26. The average Bonchev–Trinajstić information content (AvgIpc) is 2.49. The summed E-state index contributed by atoms with van der Waals surface area (Å²) in [6, 6.07) is 6.59. The monoisotopic (exact) mass is 291 g/mol. The van der Waals surface area contributed by atoms with E-state index in [1.54, 1.807) is 12.1 Å². The third kappa shape index (κ3) is 4.39. The van der Waals surface area contributed by atoms with Crippen molar-refractivity contribution in [3.05, 3.63) is 47.8 Å². The Labute approximate surface area is 127 Å². The molecule has 2 nitrogen and oxygen atoms in total. The Hall–Kier alpha value is -1.19. The van der Waals surface area contributed by atoms with Gasteiger partial charge in [0.25, 0.3) is 0 Å². The van der Waals surface area contributed by atoms with Crippen LogP contribution in [0.15, 0.2) is 36.4 Å². The molecule has 0 radical (unpaired) electrons. The standard InChI is InChI=1S/C18H26FNO/c1-3-6-17(20-16-8-5-4-7-13(16)2)18(21)14-9-11-15(19)12-10-14/h4-5,9-13,16-18,20-21H,3,6-8H2,1-2H3/t13-,16?,17+,18+/m0/s1. The Morgan fingerprint density at radius 3 is 2.52 bits per heavy atom. The minimum atomic E-state index is -0.594. The van der Waals surface area contributed by atoms with Crippen molar-refractivity contribution in [1.29, 1.82) is 0 Å². The van der Waals surface area contributed by atoms with Gasteiger partial charge in [0.2, 0.25) is 0 Å². The van der Waals surface area contributed by atoms with Gasteiger partial charge in [-0.1, -0.05) is 44.6 Å². The summed E-state index contributed by atoms with van der Waals surface area (Å²) in [7, 11) is 0. The van der Waals surface area contributed by atoms with Gasteiger partial charge in [-0.2, -0.15) is 0 Å². The summed E-state index contributed by atoms with van der Waals surface area (Å²) in [4.78, 5) is 0. The number of nitrogens with one attached hydrogen (secondary N) is 1. The molecule has 0 aliphatic heterocycles. The molecule has 2 N–H and O–H groups in total. The zero-order valence-corrected chi connectivity index (χ0v) is 12.9. The van der Waals surface area contributed by atoms with Crippen LogP contribution in [0.5, 0.6) is 0 Å². The smallest absolute Gasteiger partial charge is 0.123 e. The molecule has 1 aromatic rings. The maximum Gasteiger partial charge on any atom is 0.123 e. The fourth-order valence-corrected chi connectivity index (χ4v) is 2.99. The molecular weight excluding hydrogens is 265 g/mol. The van der Waals surface area contributed by atoms with Crippen LogP contribution in [-0.2, 0) is 0 Å². The third-order valence-corrected chi connectivity index (χ3v) is 4.37. The Kier molecular flexibility index (Phi) is 5.95. The van der Waals surface area contributed by atoms with Crippen LogP contribution in [0.4, 0.5) is 4.39 Å². The summed E-state index contributed by atoms with van der Waals surface area (Å²) in [6.45, 7) is 4.37. The highest BCUT2D eigenvalue weighted by molar-refractivity contribution is 5.20. The van der Waals surface area contributed by atoms with Gasteiger partial charge in [0.05, 0.1) is 6.10 Å². The van der Waals surface area contributed by atoms with Gasteiger partial charge in [0, 0.05) is 12.1 Å². The first-order valence-corrected chi connectivity index (χ1v) is 7.96. The number of hydrogen-bond acceptors (Lipinski definition) is 2. The van der Waals surface area contributed by atoms with Crippen molar-refractivity contribution in [3.63, 3.8) is 0 Å². The van der Waals surface area contributed by atoms with Crippen LogP contribution >= 0.6 is 0 Å². The summed E-state index contributed by atoms with van der Waals surface area (Å²) in [5.41, 5.74) is 0.779. The molecule has 0 aromatic heterocycles. The molecule has 0 saturated heterocycles. The Morgan fingerprint density at radius 2 is 1.90 bits per heavy atom. The molecule has 0 heterocycles. The first-order chi connectivity index (χ1) is 10.1. The Morgan fingerprint density at radius 1 is 1.24 bits per heavy atom. The molecule has 116 valence electrons. The van der Waals surface area contributed by atoms with Gasteiger partial charge in [-0.15, -0.1) is 0 Å². The second kappa shape index (κ2) is 7.71. The van der Waals surface area contributed by atoms with Crippen LogP contribution in [0.3, 0.4) is 0 Å². The molecule has 1 aliphatic carbocycles. The molecule has 0 spiro atoms. The van der Waals surface area contributed by atoms with Crippen molar-refractivity contribution in [2.75, 3.05) is 0 Å². The van der Waals surface area contributed by atoms with E-state index in [2.05, 4.69) is 31.3 Å². The lowest BCUT2D eigenvalue weighted by atomic mass is 9.88. The van der Waals surface area contributed by atoms with Gasteiger partial charge in [-0.25, -0.2) is 4.39 Å². The maximum atomic E-state index is 13.0. The summed E-state index contributed by atoms with van der Waals surface area (Å²) in [6.07, 6.45) is 7.86. The van der Waals surface area contributed by atoms with Gasteiger partial charge in [-0.05, 0) is 42.9 Å². The van der Waals surface area contributed by atoms with E-state index in [0.29, 0.717) is 12.0 Å². The highest BCUT2D eigenvalue weighted by atomic mass is 19.1. The SMILES string of the molecule is CCC[C@@H](NC1CC=CC[C@@H]1C)[C@H](O)c1ccc(F)cc1. The van der Waals surface area contributed by atoms with E-state index in [0.717, 1.165) is 31.2 Å². The molecule has 4 atom stereocenters. The van der Waals surface area contributed by atoms with E-state index < -0.39 is 6.10 Å². The predicted octanol–water partition coefficient (Wildman–Crippen LogP) is 3.97. The molecule has 0 amide bonds. The third-order valence-electron chi connectivity index (χ3n) is 4.37. The Balaban J connectivity index is 2.06. The average molecular weight is 291 g/mol. The summed E-state index contributed by atoms with van der Waals surface area (Å²) in [5, 5.41) is 14.2. The van der Waals surface area contributed by atoms with Crippen LogP contribution in [0.25, 0.3) is 0 Å². The van der Waals surface area contributed by atoms with Gasteiger partial charge >= 0.3 is 0 Å². The Bertz CT molecular complexity index is 457. The molecule has 0 saturated carbocycles. The van der Waals surface area contributed by atoms with Crippen molar-refractivity contribution in [3.8, 4) is 0 Å². The van der Waals surface area contributed by atoms with Gasteiger partial charge < -0.3 is 10.4 Å². The molecule has 1 unspecified atom stereocenters. The molecule has 21 heavy (non-hydrogen) atoms. The molecule has 0 bridgehead atoms. The number of aliphatic hydroxyl groups is 1. The van der Waals surface area contributed by atoms with Crippen LogP contribution in [0.2, 0.25) is 0 Å². The van der Waals surface area contributed by atoms with Crippen molar-refractivity contribution in [2.24, 2.45) is 5.92 Å². The number of allylic oxidation sites excluding steroid dienone is 1. The van der Waals surface area contributed by atoms with Crippen LogP contribution in [0, 0.1) is 11.7 Å². The van der Waals surface area contributed by atoms with Crippen LogP contribution in [-0.4, -0.2) is 17.2 Å². The number of hydrogen-bond donors (Lipinski definition) is 2. The van der Waals surface area contributed by atoms with E-state index in [1.807, 2.05) is 0 Å². The lowest BCUT2D eigenvalue weighted by Crippen LogP contribution is -2.45. The predicted molar refractivity (Wildman–Crippen MR) is 84.5 cm³/mol. The van der Waals surface area contributed by atoms with E-state index in [9.17, 15) is 9.50 Å². The van der Waals surface area contributed by atoms with Gasteiger partial charge in [0.1, 0.15) is 5.82 Å². The zero-order chi connectivity index (χ0) is 15.2. The zero-order valence-electron chi connectivity index (χ0n) is 12.9. The molecule has 1 aromatic carbocycles. The summed E-state index contributed by atoms with van der Waals surface area (Å²) < 4.78 is 13.0. The number of aliphatic hydroxyl groups excluding tert-OH is 1. The van der Waals surface area contributed by atoms with E-state index in [1.165, 1.54) is 12.1 Å². The first kappa shape index (κ1) is 16.2. The van der Waals surface area contributed by atoms with Gasteiger partial charge in [0.15, 0.2) is 0 Å². The largest absolute Gasteiger partial charge is 0.387 e. The van der Waals surface area contributed by atoms with Crippen LogP contribution < -0.4 is 5.32 Å². The van der Waals surface area contributed by atoms with Crippen molar-refractivity contribution in [2.45, 2.75) is 57.7 Å². The lowest BCUT2D eigenvalue weighted by Gasteiger charge is -2.33. The first-order valence-electron chi connectivity index (χ1n) is 7.96. The number of halogens is 1. The number of rotatable bonds is 6. The quantitative estimate of drug-likeness (QED) is 0.777. The van der Waals surface area contributed by atoms with Crippen LogP contribution in [0.1, 0.15) is 51.2 Å². The minimum absolute atomic E-state index is 0.0133. The summed E-state index contributed by atoms with van der Waals surface area (Å²) >= 11 is 0. The van der Waals surface area contributed by atoms with E-state index in [4.69, 9.17) is 0 Å². The fraction of sp³-hybridized carbons (Fsp3) is 0.556. The summed E-state index contributed by atoms with van der Waals surface area (Å²) in [5.74, 6) is 0.312. The molecule has 2 rings (SSSR count). The fourth-order valence-electron chi connectivity index (χ4n) is 2.99. The minimum Gasteiger partial charge on any atom is -0.387 e. The highest BCUT2D eigenvalue weighted by Crippen LogP contribution is 2.25.